The summed E-state index contributed by atoms with van der Waals surface area (Å²) in [6.07, 6.45) is 1.53. The summed E-state index contributed by atoms with van der Waals surface area (Å²) < 4.78 is 0. The molecule has 3 nitrogen and oxygen atoms in total. The van der Waals surface area contributed by atoms with E-state index in [0.717, 1.165) is 27.0 Å². The summed E-state index contributed by atoms with van der Waals surface area (Å²) in [5, 5.41) is 12.5. The minimum Gasteiger partial charge on any atom is -0.512 e. The summed E-state index contributed by atoms with van der Waals surface area (Å²) in [6, 6.07) is 9.81. The second-order valence-corrected chi connectivity index (χ2v) is 3.80. The van der Waals surface area contributed by atoms with Gasteiger partial charge in [0.2, 0.25) is 0 Å². The molecule has 0 saturated carbocycles. The number of aliphatic hydroxyl groups is 1. The Bertz CT molecular complexity index is 707. The molecule has 1 N–H and O–H groups in total. The van der Waals surface area contributed by atoms with Crippen LogP contribution in [-0.4, -0.2) is 15.1 Å². The van der Waals surface area contributed by atoms with Gasteiger partial charge >= 0.3 is 0 Å². The van der Waals surface area contributed by atoms with E-state index in [4.69, 9.17) is 0 Å². The molecule has 3 heteroatoms. The molecule has 0 aliphatic heterocycles. The van der Waals surface area contributed by atoms with E-state index in [-0.39, 0.29) is 5.76 Å². The number of aliphatic hydroxyl groups excluding tert-OH is 1. The molecule has 0 fully saturated rings. The zero-order valence-electron chi connectivity index (χ0n) is 8.81. The summed E-state index contributed by atoms with van der Waals surface area (Å²) in [4.78, 5) is 8.49. The molecule has 0 saturated heterocycles. The molecule has 0 aliphatic carbocycles. The standard InChI is InChI=1S/C13H10N2O/c1-8(16)10-6-5-9-3-2-4-11-12(9)13(10)15-7-14-11/h2-7,16H,1H3/b10-8-. The lowest BCUT2D eigenvalue weighted by Crippen LogP contribution is -2.07. The van der Waals surface area contributed by atoms with Gasteiger partial charge in [0, 0.05) is 10.6 Å². The molecule has 2 aromatic carbocycles. The van der Waals surface area contributed by atoms with Crippen molar-refractivity contribution in [1.29, 1.82) is 0 Å². The van der Waals surface area contributed by atoms with Crippen molar-refractivity contribution in [2.75, 3.05) is 0 Å². The van der Waals surface area contributed by atoms with Gasteiger partial charge in [-0.2, -0.15) is 0 Å². The van der Waals surface area contributed by atoms with Crippen LogP contribution in [0.15, 0.2) is 36.7 Å². The maximum atomic E-state index is 9.62. The first-order valence-corrected chi connectivity index (χ1v) is 5.09. The van der Waals surface area contributed by atoms with Crippen LogP contribution in [0.2, 0.25) is 0 Å². The van der Waals surface area contributed by atoms with Crippen LogP contribution in [0, 0.1) is 0 Å². The summed E-state index contributed by atoms with van der Waals surface area (Å²) in [5.74, 6) is 0.283. The summed E-state index contributed by atoms with van der Waals surface area (Å²) in [7, 11) is 0. The van der Waals surface area contributed by atoms with Crippen LogP contribution >= 0.6 is 0 Å². The molecule has 0 radical (unpaired) electrons. The quantitative estimate of drug-likeness (QED) is 0.618. The molecule has 0 atom stereocenters. The third-order valence-electron chi connectivity index (χ3n) is 2.77. The van der Waals surface area contributed by atoms with Crippen molar-refractivity contribution in [2.24, 2.45) is 0 Å². The highest BCUT2D eigenvalue weighted by Gasteiger charge is 2.05. The molecule has 16 heavy (non-hydrogen) atoms. The van der Waals surface area contributed by atoms with Gasteiger partial charge in [-0.05, 0) is 24.4 Å². The summed E-state index contributed by atoms with van der Waals surface area (Å²) in [5.41, 5.74) is 1.72. The predicted octanol–water partition coefficient (Wildman–Crippen LogP) is 2.19. The van der Waals surface area contributed by atoms with E-state index in [9.17, 15) is 5.11 Å². The summed E-state index contributed by atoms with van der Waals surface area (Å²) >= 11 is 0. The maximum absolute atomic E-state index is 9.62. The predicted molar refractivity (Wildman–Crippen MR) is 64.0 cm³/mol. The van der Waals surface area contributed by atoms with E-state index >= 15 is 0 Å². The topological polar surface area (TPSA) is 46.0 Å². The van der Waals surface area contributed by atoms with E-state index < -0.39 is 0 Å². The molecular weight excluding hydrogens is 200 g/mol. The van der Waals surface area contributed by atoms with Gasteiger partial charge in [0.25, 0.3) is 0 Å². The van der Waals surface area contributed by atoms with Gasteiger partial charge in [0.1, 0.15) is 6.33 Å². The van der Waals surface area contributed by atoms with Crippen LogP contribution in [0.25, 0.3) is 27.6 Å². The van der Waals surface area contributed by atoms with Crippen LogP contribution in [0.5, 0.6) is 0 Å². The van der Waals surface area contributed by atoms with Gasteiger partial charge in [0.05, 0.1) is 16.8 Å². The first-order chi connectivity index (χ1) is 7.77. The van der Waals surface area contributed by atoms with Gasteiger partial charge in [0.15, 0.2) is 0 Å². The number of aromatic nitrogens is 2. The Morgan fingerprint density at radius 2 is 2.00 bits per heavy atom. The fourth-order valence-electron chi connectivity index (χ4n) is 2.02. The highest BCUT2D eigenvalue weighted by molar-refractivity contribution is 6.06. The highest BCUT2D eigenvalue weighted by atomic mass is 16.3. The number of nitrogens with zero attached hydrogens (tertiary/aromatic N) is 2. The molecule has 1 aromatic heterocycles. The number of benzene rings is 2. The van der Waals surface area contributed by atoms with Crippen molar-refractivity contribution in [3.05, 3.63) is 41.9 Å². The summed E-state index contributed by atoms with van der Waals surface area (Å²) in [6.45, 7) is 1.67. The smallest absolute Gasteiger partial charge is 0.116 e. The molecule has 0 aliphatic rings. The third kappa shape index (κ3) is 1.15. The maximum Gasteiger partial charge on any atom is 0.116 e. The Hall–Kier alpha value is -2.16. The van der Waals surface area contributed by atoms with Crippen LogP contribution in [0.4, 0.5) is 0 Å². The molecule has 78 valence electrons. The van der Waals surface area contributed by atoms with Gasteiger partial charge < -0.3 is 5.11 Å². The second-order valence-electron chi connectivity index (χ2n) is 3.80. The Kier molecular flexibility index (Phi) is 1.80. The Morgan fingerprint density at radius 1 is 1.12 bits per heavy atom. The van der Waals surface area contributed by atoms with Crippen molar-refractivity contribution < 1.29 is 5.11 Å². The van der Waals surface area contributed by atoms with Gasteiger partial charge in [-0.25, -0.2) is 9.97 Å². The van der Waals surface area contributed by atoms with E-state index in [1.165, 1.54) is 6.33 Å². The zero-order valence-corrected chi connectivity index (χ0v) is 8.81. The molecule has 0 amide bonds. The van der Waals surface area contributed by atoms with Crippen molar-refractivity contribution in [3.8, 4) is 0 Å². The van der Waals surface area contributed by atoms with Crippen LogP contribution in [-0.2, 0) is 0 Å². The van der Waals surface area contributed by atoms with Gasteiger partial charge in [-0.15, -0.1) is 0 Å². The zero-order chi connectivity index (χ0) is 11.1. The van der Waals surface area contributed by atoms with Crippen LogP contribution < -0.4 is 5.22 Å². The van der Waals surface area contributed by atoms with Gasteiger partial charge in [-0.3, -0.25) is 0 Å². The Labute approximate surface area is 92.1 Å². The largest absolute Gasteiger partial charge is 0.512 e. The fourth-order valence-corrected chi connectivity index (χ4v) is 2.02. The van der Waals surface area contributed by atoms with Gasteiger partial charge in [-0.1, -0.05) is 18.2 Å². The molecule has 0 spiro atoms. The Balaban J connectivity index is 2.72. The lowest BCUT2D eigenvalue weighted by Gasteiger charge is -2.04. The van der Waals surface area contributed by atoms with Crippen LogP contribution in [0.3, 0.4) is 0 Å². The molecule has 0 unspecified atom stereocenters. The van der Waals surface area contributed by atoms with Crippen molar-refractivity contribution in [2.45, 2.75) is 6.92 Å². The van der Waals surface area contributed by atoms with E-state index in [1.54, 1.807) is 6.92 Å². The first-order valence-electron chi connectivity index (χ1n) is 5.09. The van der Waals surface area contributed by atoms with E-state index in [0.29, 0.717) is 0 Å². The molecule has 3 rings (SSSR count). The number of hydrogen-bond acceptors (Lipinski definition) is 3. The monoisotopic (exact) mass is 210 g/mol. The Morgan fingerprint density at radius 3 is 2.81 bits per heavy atom. The van der Waals surface area contributed by atoms with Crippen LogP contribution in [0.1, 0.15) is 6.92 Å². The number of hydrogen-bond donors (Lipinski definition) is 1. The van der Waals surface area contributed by atoms with E-state index in [1.807, 2.05) is 30.3 Å². The molecular formula is C13H10N2O. The normalized spacial score (nSPS) is 13.3. The highest BCUT2D eigenvalue weighted by Crippen LogP contribution is 2.20. The first kappa shape index (κ1) is 9.09. The van der Waals surface area contributed by atoms with E-state index in [2.05, 4.69) is 9.97 Å². The van der Waals surface area contributed by atoms with Crippen molar-refractivity contribution in [1.82, 2.24) is 9.97 Å². The SMILES string of the molecule is C/C(O)=c1\ccc2cccc3ncnc1c23. The minimum absolute atomic E-state index is 0.283. The third-order valence-corrected chi connectivity index (χ3v) is 2.77. The second kappa shape index (κ2) is 3.17. The number of rotatable bonds is 0. The average molecular weight is 210 g/mol. The molecule has 1 heterocycles. The molecule has 3 aromatic rings. The fraction of sp³-hybridized carbons (Fsp3) is 0.0769. The lowest BCUT2D eigenvalue weighted by molar-refractivity contribution is 0.499. The minimum atomic E-state index is 0.283. The van der Waals surface area contributed by atoms with Crippen molar-refractivity contribution >= 4 is 27.6 Å². The molecule has 0 bridgehead atoms. The van der Waals surface area contributed by atoms with Crippen molar-refractivity contribution in [3.63, 3.8) is 0 Å². The average Bonchev–Trinajstić information content (AvgIpc) is 2.30. The lowest BCUT2D eigenvalue weighted by atomic mass is 10.1.